The van der Waals surface area contributed by atoms with Gasteiger partial charge in [-0.05, 0) is 33.1 Å². The number of carbonyl (C=O) groups excluding carboxylic acids is 2. The molecule has 0 radical (unpaired) electrons. The van der Waals surface area contributed by atoms with Crippen molar-refractivity contribution in [3.8, 4) is 0 Å². The molecule has 0 bridgehead atoms. The molecule has 1 aliphatic carbocycles. The maximum atomic E-state index is 12.6. The van der Waals surface area contributed by atoms with Crippen molar-refractivity contribution in [3.63, 3.8) is 0 Å². The minimum absolute atomic E-state index is 0.235. The molecule has 1 heterocycles. The summed E-state index contributed by atoms with van der Waals surface area (Å²) in [5.74, 6) is 0.227. The molecule has 24 heavy (non-hydrogen) atoms. The average Bonchev–Trinajstić information content (AvgIpc) is 3.08. The summed E-state index contributed by atoms with van der Waals surface area (Å²) in [5, 5.41) is 9.57. The first kappa shape index (κ1) is 18.3. The van der Waals surface area contributed by atoms with E-state index in [0.717, 1.165) is 12.8 Å². The van der Waals surface area contributed by atoms with Crippen LogP contribution in [-0.4, -0.2) is 33.4 Å². The molecule has 0 saturated heterocycles. The molecule has 7 heteroatoms. The van der Waals surface area contributed by atoms with Gasteiger partial charge in [0, 0.05) is 13.2 Å². The van der Waals surface area contributed by atoms with Crippen LogP contribution in [0, 0.1) is 5.92 Å². The number of rotatable bonds is 5. The summed E-state index contributed by atoms with van der Waals surface area (Å²) in [6, 6.07) is -0.608. The lowest BCUT2D eigenvalue weighted by Gasteiger charge is -2.24. The van der Waals surface area contributed by atoms with Gasteiger partial charge in [0.2, 0.25) is 5.91 Å². The normalized spacial score (nSPS) is 16.7. The number of nitrogens with zero attached hydrogens (tertiary/aromatic N) is 2. The third-order valence-corrected chi connectivity index (χ3v) is 4.02. The lowest BCUT2D eigenvalue weighted by molar-refractivity contribution is -0.118. The molecule has 1 aromatic heterocycles. The van der Waals surface area contributed by atoms with Crippen molar-refractivity contribution in [3.05, 3.63) is 12.4 Å². The van der Waals surface area contributed by atoms with Crippen LogP contribution >= 0.6 is 0 Å². The zero-order chi connectivity index (χ0) is 17.7. The Hall–Kier alpha value is -2.05. The number of aryl methyl sites for hydroxylation is 1. The molecular weight excluding hydrogens is 308 g/mol. The molecular formula is C17H28N4O3. The first-order valence-electron chi connectivity index (χ1n) is 8.52. The average molecular weight is 336 g/mol. The Balaban J connectivity index is 2.00. The smallest absolute Gasteiger partial charge is 0.408 e. The molecule has 0 unspecified atom stereocenters. The van der Waals surface area contributed by atoms with Gasteiger partial charge in [0.25, 0.3) is 0 Å². The second-order valence-electron chi connectivity index (χ2n) is 7.48. The number of anilines is 1. The van der Waals surface area contributed by atoms with Crippen molar-refractivity contribution in [2.45, 2.75) is 64.5 Å². The summed E-state index contributed by atoms with van der Waals surface area (Å²) in [7, 11) is 1.78. The van der Waals surface area contributed by atoms with Crippen molar-refractivity contribution in [2.24, 2.45) is 13.0 Å². The lowest BCUT2D eigenvalue weighted by atomic mass is 9.98. The van der Waals surface area contributed by atoms with E-state index >= 15 is 0 Å². The van der Waals surface area contributed by atoms with Gasteiger partial charge in [-0.25, -0.2) is 4.79 Å². The number of aromatic nitrogens is 2. The van der Waals surface area contributed by atoms with Gasteiger partial charge < -0.3 is 15.4 Å². The fraction of sp³-hybridized carbons (Fsp3) is 0.706. The number of carbonyl (C=O) groups is 2. The molecule has 2 N–H and O–H groups in total. The monoisotopic (exact) mass is 336 g/mol. The molecule has 0 aliphatic heterocycles. The van der Waals surface area contributed by atoms with E-state index in [9.17, 15) is 9.59 Å². The van der Waals surface area contributed by atoms with E-state index in [1.807, 2.05) is 0 Å². The minimum Gasteiger partial charge on any atom is -0.444 e. The van der Waals surface area contributed by atoms with E-state index in [1.54, 1.807) is 44.9 Å². The predicted octanol–water partition coefficient (Wildman–Crippen LogP) is 2.83. The largest absolute Gasteiger partial charge is 0.444 e. The topological polar surface area (TPSA) is 85.2 Å². The summed E-state index contributed by atoms with van der Waals surface area (Å²) in [5.41, 5.74) is 0.0202. The van der Waals surface area contributed by atoms with E-state index in [4.69, 9.17) is 4.74 Å². The maximum Gasteiger partial charge on any atom is 0.408 e. The van der Waals surface area contributed by atoms with Gasteiger partial charge in [-0.3, -0.25) is 9.48 Å². The van der Waals surface area contributed by atoms with Crippen LogP contribution in [0.25, 0.3) is 0 Å². The fourth-order valence-corrected chi connectivity index (χ4v) is 2.98. The van der Waals surface area contributed by atoms with Crippen molar-refractivity contribution in [2.75, 3.05) is 5.32 Å². The van der Waals surface area contributed by atoms with Gasteiger partial charge in [0.15, 0.2) is 0 Å². The second-order valence-corrected chi connectivity index (χ2v) is 7.48. The molecule has 1 atom stereocenters. The van der Waals surface area contributed by atoms with Crippen molar-refractivity contribution < 1.29 is 14.3 Å². The predicted molar refractivity (Wildman–Crippen MR) is 91.6 cm³/mol. The van der Waals surface area contributed by atoms with Gasteiger partial charge in [0.1, 0.15) is 11.6 Å². The summed E-state index contributed by atoms with van der Waals surface area (Å²) in [6.07, 6.45) is 7.95. The zero-order valence-corrected chi connectivity index (χ0v) is 15.0. The van der Waals surface area contributed by atoms with E-state index < -0.39 is 17.7 Å². The number of hydrogen-bond acceptors (Lipinski definition) is 4. The molecule has 1 saturated carbocycles. The zero-order valence-electron chi connectivity index (χ0n) is 15.0. The van der Waals surface area contributed by atoms with Crippen LogP contribution < -0.4 is 10.6 Å². The van der Waals surface area contributed by atoms with Gasteiger partial charge in [-0.15, -0.1) is 0 Å². The lowest BCUT2D eigenvalue weighted by Crippen LogP contribution is -2.46. The van der Waals surface area contributed by atoms with Crippen LogP contribution in [0.3, 0.4) is 0 Å². The Morgan fingerprint density at radius 1 is 1.38 bits per heavy atom. The third-order valence-electron chi connectivity index (χ3n) is 4.02. The number of ether oxygens (including phenoxy) is 1. The Labute approximate surface area is 143 Å². The van der Waals surface area contributed by atoms with E-state index in [1.165, 1.54) is 12.8 Å². The highest BCUT2D eigenvalue weighted by Crippen LogP contribution is 2.29. The molecule has 2 rings (SSSR count). The highest BCUT2D eigenvalue weighted by atomic mass is 16.6. The first-order valence-corrected chi connectivity index (χ1v) is 8.52. The summed E-state index contributed by atoms with van der Waals surface area (Å²) in [4.78, 5) is 24.7. The molecule has 1 aliphatic rings. The van der Waals surface area contributed by atoms with E-state index in [-0.39, 0.29) is 5.91 Å². The number of amides is 2. The minimum atomic E-state index is -0.608. The highest BCUT2D eigenvalue weighted by molar-refractivity contribution is 5.96. The number of hydrogen-bond donors (Lipinski definition) is 2. The Morgan fingerprint density at radius 3 is 2.58 bits per heavy atom. The van der Waals surface area contributed by atoms with Crippen molar-refractivity contribution in [1.82, 2.24) is 15.1 Å². The van der Waals surface area contributed by atoms with Crippen molar-refractivity contribution >= 4 is 17.7 Å². The quantitative estimate of drug-likeness (QED) is 0.866. The molecule has 134 valence electrons. The Bertz CT molecular complexity index is 571. The molecule has 2 amide bonds. The van der Waals surface area contributed by atoms with Gasteiger partial charge >= 0.3 is 6.09 Å². The molecule has 1 fully saturated rings. The summed E-state index contributed by atoms with van der Waals surface area (Å²) < 4.78 is 6.90. The molecule has 0 spiro atoms. The van der Waals surface area contributed by atoms with Crippen LogP contribution in [0.1, 0.15) is 52.9 Å². The number of nitrogens with one attached hydrogen (secondary N) is 2. The molecule has 7 nitrogen and oxygen atoms in total. The van der Waals surface area contributed by atoms with Crippen LogP contribution in [0.5, 0.6) is 0 Å². The van der Waals surface area contributed by atoms with Gasteiger partial charge in [-0.1, -0.05) is 25.7 Å². The number of alkyl carbamates (subject to hydrolysis) is 1. The van der Waals surface area contributed by atoms with Crippen LogP contribution in [0.4, 0.5) is 10.5 Å². The molecule has 1 aromatic rings. The van der Waals surface area contributed by atoms with Gasteiger partial charge in [0.05, 0.1) is 11.9 Å². The SMILES string of the molecule is Cn1cc(NC(=O)[C@H](CC2CCCC2)NC(=O)OC(C)(C)C)cn1. The Morgan fingerprint density at radius 2 is 2.04 bits per heavy atom. The van der Waals surface area contributed by atoms with Crippen molar-refractivity contribution in [1.29, 1.82) is 0 Å². The highest BCUT2D eigenvalue weighted by Gasteiger charge is 2.28. The summed E-state index contributed by atoms with van der Waals surface area (Å²) in [6.45, 7) is 5.40. The van der Waals surface area contributed by atoms with Crippen LogP contribution in [-0.2, 0) is 16.6 Å². The van der Waals surface area contributed by atoms with E-state index in [2.05, 4.69) is 15.7 Å². The second kappa shape index (κ2) is 7.68. The Kier molecular flexibility index (Phi) is 5.85. The fourth-order valence-electron chi connectivity index (χ4n) is 2.98. The van der Waals surface area contributed by atoms with Gasteiger partial charge in [-0.2, -0.15) is 5.10 Å². The van der Waals surface area contributed by atoms with E-state index in [0.29, 0.717) is 18.0 Å². The first-order chi connectivity index (χ1) is 11.2. The molecule has 0 aromatic carbocycles. The standard InChI is InChI=1S/C17H28N4O3/c1-17(2,3)24-16(23)20-14(9-12-7-5-6-8-12)15(22)19-13-10-18-21(4)11-13/h10-12,14H,5-9H2,1-4H3,(H,19,22)(H,20,23)/t14-/m0/s1. The third kappa shape index (κ3) is 5.86. The summed E-state index contributed by atoms with van der Waals surface area (Å²) >= 11 is 0. The maximum absolute atomic E-state index is 12.6. The van der Waals surface area contributed by atoms with Crippen LogP contribution in [0.15, 0.2) is 12.4 Å². The van der Waals surface area contributed by atoms with Crippen LogP contribution in [0.2, 0.25) is 0 Å².